The van der Waals surface area contributed by atoms with Crippen LogP contribution in [0.2, 0.25) is 0 Å². The van der Waals surface area contributed by atoms with E-state index >= 15 is 0 Å². The number of urea groups is 1. The number of carbonyl (C=O) groups is 3. The van der Waals surface area contributed by atoms with E-state index < -0.39 is 17.5 Å². The maximum Gasteiger partial charge on any atom is 0.325 e. The molecular weight excluding hydrogens is 356 g/mol. The van der Waals surface area contributed by atoms with Crippen LogP contribution in [0.25, 0.3) is 0 Å². The third-order valence-corrected chi connectivity index (χ3v) is 5.59. The number of hydrogen-bond donors (Lipinski definition) is 2. The van der Waals surface area contributed by atoms with Gasteiger partial charge in [0.15, 0.2) is 0 Å². The molecule has 2 fully saturated rings. The summed E-state index contributed by atoms with van der Waals surface area (Å²) in [5.74, 6) is -0.347. The number of rotatable bonds is 4. The summed E-state index contributed by atoms with van der Waals surface area (Å²) in [6.07, 6.45) is 2.22. The molecule has 0 radical (unpaired) electrons. The van der Waals surface area contributed by atoms with E-state index in [0.29, 0.717) is 24.4 Å². The van der Waals surface area contributed by atoms with E-state index in [4.69, 9.17) is 0 Å². The lowest BCUT2D eigenvalue weighted by Gasteiger charge is -2.43. The average molecular weight is 386 g/mol. The van der Waals surface area contributed by atoms with E-state index in [2.05, 4.69) is 31.4 Å². The van der Waals surface area contributed by atoms with Crippen molar-refractivity contribution in [1.82, 2.24) is 10.2 Å². The van der Waals surface area contributed by atoms with Crippen molar-refractivity contribution in [3.05, 3.63) is 24.3 Å². The first-order valence-corrected chi connectivity index (χ1v) is 9.73. The lowest BCUT2D eigenvalue weighted by atomic mass is 9.64. The average Bonchev–Trinajstić information content (AvgIpc) is 2.76. The minimum Gasteiger partial charge on any atom is -0.376 e. The summed E-state index contributed by atoms with van der Waals surface area (Å²) in [7, 11) is 3.77. The largest absolute Gasteiger partial charge is 0.376 e. The Bertz CT molecular complexity index is 805. The Morgan fingerprint density at radius 3 is 2.57 bits per heavy atom. The Morgan fingerprint density at radius 1 is 1.25 bits per heavy atom. The van der Waals surface area contributed by atoms with Gasteiger partial charge in [-0.05, 0) is 42.7 Å². The van der Waals surface area contributed by atoms with Gasteiger partial charge in [0.05, 0.1) is 11.4 Å². The third-order valence-electron chi connectivity index (χ3n) is 5.59. The fourth-order valence-electron chi connectivity index (χ4n) is 4.95. The zero-order valence-corrected chi connectivity index (χ0v) is 17.3. The summed E-state index contributed by atoms with van der Waals surface area (Å²) in [6.45, 7) is 6.06. The molecule has 1 aliphatic heterocycles. The van der Waals surface area contributed by atoms with Crippen LogP contribution in [0, 0.1) is 11.3 Å². The zero-order valence-electron chi connectivity index (χ0n) is 17.3. The van der Waals surface area contributed by atoms with E-state index in [1.54, 1.807) is 6.07 Å². The first-order chi connectivity index (χ1) is 13.0. The van der Waals surface area contributed by atoms with Gasteiger partial charge in [0.1, 0.15) is 12.1 Å². The van der Waals surface area contributed by atoms with Gasteiger partial charge in [-0.1, -0.05) is 32.9 Å². The van der Waals surface area contributed by atoms with Gasteiger partial charge in [-0.2, -0.15) is 0 Å². The van der Waals surface area contributed by atoms with Gasteiger partial charge in [0, 0.05) is 14.1 Å². The van der Waals surface area contributed by atoms with Crippen molar-refractivity contribution in [1.29, 1.82) is 0 Å². The molecular formula is C21H30N4O3. The molecule has 1 aliphatic carbocycles. The minimum absolute atomic E-state index is 0.0382. The Balaban J connectivity index is 1.74. The summed E-state index contributed by atoms with van der Waals surface area (Å²) < 4.78 is 0. The summed E-state index contributed by atoms with van der Waals surface area (Å²) >= 11 is 0. The van der Waals surface area contributed by atoms with Crippen molar-refractivity contribution in [3.8, 4) is 0 Å². The summed E-state index contributed by atoms with van der Waals surface area (Å²) in [4.78, 5) is 41.2. The van der Waals surface area contributed by atoms with Gasteiger partial charge in [0.2, 0.25) is 5.91 Å². The molecule has 0 aromatic heterocycles. The molecule has 2 unspecified atom stereocenters. The van der Waals surface area contributed by atoms with Crippen molar-refractivity contribution in [2.75, 3.05) is 30.9 Å². The van der Waals surface area contributed by atoms with E-state index in [9.17, 15) is 14.4 Å². The Morgan fingerprint density at radius 2 is 1.93 bits per heavy atom. The molecule has 2 aliphatic rings. The van der Waals surface area contributed by atoms with E-state index in [1.165, 1.54) is 0 Å². The number of hydrogen-bond acceptors (Lipinski definition) is 4. The number of imide groups is 1. The lowest BCUT2D eigenvalue weighted by molar-refractivity contribution is -0.136. The van der Waals surface area contributed by atoms with Crippen molar-refractivity contribution in [2.24, 2.45) is 11.3 Å². The molecule has 4 amide bonds. The molecule has 1 aromatic rings. The minimum atomic E-state index is -0.889. The first-order valence-electron chi connectivity index (χ1n) is 9.73. The highest BCUT2D eigenvalue weighted by atomic mass is 16.2. The predicted molar refractivity (Wildman–Crippen MR) is 109 cm³/mol. The van der Waals surface area contributed by atoms with Gasteiger partial charge in [-0.15, -0.1) is 0 Å². The van der Waals surface area contributed by atoms with Gasteiger partial charge in [0.25, 0.3) is 5.91 Å². The number of carbonyl (C=O) groups excluding carboxylic acids is 3. The highest BCUT2D eigenvalue weighted by Gasteiger charge is 2.56. The smallest absolute Gasteiger partial charge is 0.325 e. The summed E-state index contributed by atoms with van der Waals surface area (Å²) in [5.41, 5.74) is 0.572. The second-order valence-corrected chi connectivity index (χ2v) is 9.22. The molecule has 7 nitrogen and oxygen atoms in total. The first kappa shape index (κ1) is 20.2. The summed E-state index contributed by atoms with van der Waals surface area (Å²) in [5, 5.41) is 5.72. The van der Waals surface area contributed by atoms with Crippen LogP contribution < -0.4 is 15.5 Å². The summed E-state index contributed by atoms with van der Waals surface area (Å²) in [6, 6.07) is 6.93. The fourth-order valence-corrected chi connectivity index (χ4v) is 4.95. The zero-order chi connectivity index (χ0) is 20.7. The number of anilines is 2. The van der Waals surface area contributed by atoms with E-state index in [0.717, 1.165) is 17.0 Å². The van der Waals surface area contributed by atoms with Gasteiger partial charge < -0.3 is 15.5 Å². The maximum absolute atomic E-state index is 13.1. The van der Waals surface area contributed by atoms with Crippen LogP contribution in [-0.2, 0) is 9.59 Å². The van der Waals surface area contributed by atoms with Crippen LogP contribution >= 0.6 is 0 Å². The Labute approximate surface area is 166 Å². The molecule has 28 heavy (non-hydrogen) atoms. The Hall–Kier alpha value is -2.57. The van der Waals surface area contributed by atoms with Crippen LogP contribution in [0.15, 0.2) is 24.3 Å². The number of amides is 4. The van der Waals surface area contributed by atoms with Gasteiger partial charge in [-0.3, -0.25) is 14.5 Å². The molecule has 3 rings (SSSR count). The van der Waals surface area contributed by atoms with Gasteiger partial charge >= 0.3 is 6.03 Å². The number of nitrogens with one attached hydrogen (secondary N) is 2. The normalized spacial score (nSPS) is 26.3. The van der Waals surface area contributed by atoms with Crippen LogP contribution in [0.5, 0.6) is 0 Å². The van der Waals surface area contributed by atoms with E-state index in [-0.39, 0.29) is 17.9 Å². The Kier molecular flexibility index (Phi) is 5.12. The maximum atomic E-state index is 13.1. The third kappa shape index (κ3) is 3.84. The molecule has 1 spiro atoms. The molecule has 1 aromatic carbocycles. The molecule has 7 heteroatoms. The van der Waals surface area contributed by atoms with Crippen LogP contribution in [-0.4, -0.2) is 48.9 Å². The van der Waals surface area contributed by atoms with Crippen LogP contribution in [0.1, 0.15) is 40.0 Å². The van der Waals surface area contributed by atoms with Crippen molar-refractivity contribution in [2.45, 2.75) is 45.6 Å². The topological polar surface area (TPSA) is 81.8 Å². The van der Waals surface area contributed by atoms with E-state index in [1.807, 2.05) is 37.2 Å². The second kappa shape index (κ2) is 7.11. The van der Waals surface area contributed by atoms with Crippen molar-refractivity contribution in [3.63, 3.8) is 0 Å². The highest BCUT2D eigenvalue weighted by molar-refractivity contribution is 6.10. The van der Waals surface area contributed by atoms with Crippen molar-refractivity contribution >= 4 is 29.2 Å². The number of para-hydroxylation sites is 2. The SMILES string of the molecule is CC1CC(C)(C)CC2(C1)NC(=O)N(CC(=O)Nc1ccccc1N(C)C)C2=O. The monoisotopic (exact) mass is 386 g/mol. The number of benzene rings is 1. The molecule has 1 heterocycles. The molecule has 152 valence electrons. The van der Waals surface area contributed by atoms with Crippen LogP contribution in [0.3, 0.4) is 0 Å². The fraction of sp³-hybridized carbons (Fsp3) is 0.571. The highest BCUT2D eigenvalue weighted by Crippen LogP contribution is 2.46. The van der Waals surface area contributed by atoms with Crippen LogP contribution in [0.4, 0.5) is 16.2 Å². The molecule has 0 bridgehead atoms. The molecule has 1 saturated carbocycles. The standard InChI is InChI=1S/C21H30N4O3/c1-14-10-20(2,3)13-21(11-14)18(27)25(19(28)23-21)12-17(26)22-15-8-6-7-9-16(15)24(4)5/h6-9,14H,10-13H2,1-5H3,(H,22,26)(H,23,28). The lowest BCUT2D eigenvalue weighted by Crippen LogP contribution is -2.54. The predicted octanol–water partition coefficient (Wildman–Crippen LogP) is 2.83. The molecule has 2 atom stereocenters. The molecule has 2 N–H and O–H groups in total. The second-order valence-electron chi connectivity index (χ2n) is 9.22. The molecule has 1 saturated heterocycles. The van der Waals surface area contributed by atoms with Gasteiger partial charge in [-0.25, -0.2) is 4.79 Å². The quantitative estimate of drug-likeness (QED) is 0.780. The van der Waals surface area contributed by atoms with Crippen molar-refractivity contribution < 1.29 is 14.4 Å². The number of nitrogens with zero attached hydrogens (tertiary/aromatic N) is 2.